The summed E-state index contributed by atoms with van der Waals surface area (Å²) in [5.41, 5.74) is 4.02. The molecule has 3 rings (SSSR count). The standard InChI is InChI=1S/C17H23NO2/c1-12(19)16-7-8-18(11-16)17(20)10-13-5-6-14-3-2-4-15(14)9-13/h5-6,9,12,16,19H,2-4,7-8,10-11H2,1H3. The molecule has 2 aliphatic rings. The maximum Gasteiger partial charge on any atom is 0.227 e. The molecule has 20 heavy (non-hydrogen) atoms. The first kappa shape index (κ1) is 13.6. The van der Waals surface area contributed by atoms with Crippen LogP contribution in [0.2, 0.25) is 0 Å². The van der Waals surface area contributed by atoms with Gasteiger partial charge in [-0.3, -0.25) is 4.79 Å². The molecule has 1 aliphatic carbocycles. The fourth-order valence-electron chi connectivity index (χ4n) is 3.43. The number of hydrogen-bond donors (Lipinski definition) is 1. The van der Waals surface area contributed by atoms with Crippen LogP contribution in [0, 0.1) is 5.92 Å². The van der Waals surface area contributed by atoms with Crippen LogP contribution in [0.25, 0.3) is 0 Å². The highest BCUT2D eigenvalue weighted by Gasteiger charge is 2.28. The van der Waals surface area contributed by atoms with Gasteiger partial charge in [-0.05, 0) is 49.3 Å². The summed E-state index contributed by atoms with van der Waals surface area (Å²) in [4.78, 5) is 14.2. The number of carbonyl (C=O) groups is 1. The summed E-state index contributed by atoms with van der Waals surface area (Å²) in [6.07, 6.45) is 4.70. The number of likely N-dealkylation sites (tertiary alicyclic amines) is 1. The molecule has 108 valence electrons. The average molecular weight is 273 g/mol. The first-order valence-electron chi connectivity index (χ1n) is 7.70. The molecule has 0 radical (unpaired) electrons. The van der Waals surface area contributed by atoms with Gasteiger partial charge in [-0.2, -0.15) is 0 Å². The van der Waals surface area contributed by atoms with Crippen molar-refractivity contribution >= 4 is 5.91 Å². The van der Waals surface area contributed by atoms with E-state index in [4.69, 9.17) is 0 Å². The molecule has 0 saturated carbocycles. The Morgan fingerprint density at radius 3 is 2.95 bits per heavy atom. The Labute approximate surface area is 120 Å². The fourth-order valence-corrected chi connectivity index (χ4v) is 3.43. The lowest BCUT2D eigenvalue weighted by molar-refractivity contribution is -0.129. The Morgan fingerprint density at radius 1 is 1.40 bits per heavy atom. The number of fused-ring (bicyclic) bond motifs is 1. The van der Waals surface area contributed by atoms with E-state index in [9.17, 15) is 9.90 Å². The minimum absolute atomic E-state index is 0.200. The van der Waals surface area contributed by atoms with Gasteiger partial charge in [0.2, 0.25) is 5.91 Å². The van der Waals surface area contributed by atoms with E-state index in [1.165, 1.54) is 24.0 Å². The molecule has 1 heterocycles. The van der Waals surface area contributed by atoms with Crippen LogP contribution in [-0.2, 0) is 24.1 Å². The summed E-state index contributed by atoms with van der Waals surface area (Å²) >= 11 is 0. The van der Waals surface area contributed by atoms with Crippen molar-refractivity contribution in [3.63, 3.8) is 0 Å². The molecule has 2 atom stereocenters. The molecule has 1 aliphatic heterocycles. The quantitative estimate of drug-likeness (QED) is 0.914. The highest BCUT2D eigenvalue weighted by Crippen LogP contribution is 2.24. The topological polar surface area (TPSA) is 40.5 Å². The fraction of sp³-hybridized carbons (Fsp3) is 0.588. The lowest BCUT2D eigenvalue weighted by Crippen LogP contribution is -2.31. The van der Waals surface area contributed by atoms with E-state index in [0.29, 0.717) is 13.0 Å². The molecule has 1 aromatic rings. The molecule has 2 unspecified atom stereocenters. The van der Waals surface area contributed by atoms with Gasteiger partial charge in [-0.15, -0.1) is 0 Å². The van der Waals surface area contributed by atoms with Crippen molar-refractivity contribution < 1.29 is 9.90 Å². The van der Waals surface area contributed by atoms with E-state index in [-0.39, 0.29) is 17.9 Å². The molecule has 3 heteroatoms. The van der Waals surface area contributed by atoms with Gasteiger partial charge >= 0.3 is 0 Å². The predicted molar refractivity (Wildman–Crippen MR) is 78.5 cm³/mol. The normalized spacial score (nSPS) is 22.9. The highest BCUT2D eigenvalue weighted by atomic mass is 16.3. The van der Waals surface area contributed by atoms with E-state index < -0.39 is 0 Å². The van der Waals surface area contributed by atoms with Crippen molar-refractivity contribution in [3.05, 3.63) is 34.9 Å². The minimum atomic E-state index is -0.312. The van der Waals surface area contributed by atoms with Crippen LogP contribution in [-0.4, -0.2) is 35.1 Å². The first-order chi connectivity index (χ1) is 9.63. The number of rotatable bonds is 3. The Morgan fingerprint density at radius 2 is 2.20 bits per heavy atom. The Hall–Kier alpha value is -1.35. The van der Waals surface area contributed by atoms with Crippen molar-refractivity contribution in [2.24, 2.45) is 5.92 Å². The zero-order chi connectivity index (χ0) is 14.1. The predicted octanol–water partition coefficient (Wildman–Crippen LogP) is 1.95. The number of aryl methyl sites for hydroxylation is 2. The lowest BCUT2D eigenvalue weighted by atomic mass is 10.0. The number of amides is 1. The maximum atomic E-state index is 12.3. The molecule has 1 N–H and O–H groups in total. The van der Waals surface area contributed by atoms with Crippen LogP contribution in [0.4, 0.5) is 0 Å². The van der Waals surface area contributed by atoms with Crippen LogP contribution >= 0.6 is 0 Å². The van der Waals surface area contributed by atoms with Gasteiger partial charge in [0.25, 0.3) is 0 Å². The molecule has 3 nitrogen and oxygen atoms in total. The van der Waals surface area contributed by atoms with Crippen molar-refractivity contribution in [1.29, 1.82) is 0 Å². The number of nitrogens with zero attached hydrogens (tertiary/aromatic N) is 1. The molecular weight excluding hydrogens is 250 g/mol. The van der Waals surface area contributed by atoms with E-state index in [1.54, 1.807) is 0 Å². The summed E-state index contributed by atoms with van der Waals surface area (Å²) in [7, 11) is 0. The maximum absolute atomic E-state index is 12.3. The zero-order valence-corrected chi connectivity index (χ0v) is 12.1. The third-order valence-corrected chi connectivity index (χ3v) is 4.78. The summed E-state index contributed by atoms with van der Waals surface area (Å²) in [5, 5.41) is 9.61. The second kappa shape index (κ2) is 5.57. The van der Waals surface area contributed by atoms with Crippen molar-refractivity contribution in [2.75, 3.05) is 13.1 Å². The molecule has 1 amide bonds. The number of hydrogen-bond acceptors (Lipinski definition) is 2. The van der Waals surface area contributed by atoms with E-state index in [1.807, 2.05) is 11.8 Å². The van der Waals surface area contributed by atoms with Gasteiger partial charge in [-0.25, -0.2) is 0 Å². The SMILES string of the molecule is CC(O)C1CCN(C(=O)Cc2ccc3c(c2)CCC3)C1. The summed E-state index contributed by atoms with van der Waals surface area (Å²) in [6.45, 7) is 3.32. The Bertz CT molecular complexity index is 510. The molecular formula is C17H23NO2. The summed E-state index contributed by atoms with van der Waals surface area (Å²) in [5.74, 6) is 0.449. The van der Waals surface area contributed by atoms with Crippen LogP contribution in [0.1, 0.15) is 36.5 Å². The smallest absolute Gasteiger partial charge is 0.227 e. The minimum Gasteiger partial charge on any atom is -0.393 e. The average Bonchev–Trinajstić information content (AvgIpc) is 3.07. The van der Waals surface area contributed by atoms with Crippen LogP contribution in [0.3, 0.4) is 0 Å². The van der Waals surface area contributed by atoms with E-state index in [0.717, 1.165) is 24.9 Å². The Kier molecular flexibility index (Phi) is 3.79. The second-order valence-electron chi connectivity index (χ2n) is 6.26. The largest absolute Gasteiger partial charge is 0.393 e. The molecule has 1 aromatic carbocycles. The summed E-state index contributed by atoms with van der Waals surface area (Å²) in [6, 6.07) is 6.50. The molecule has 0 aromatic heterocycles. The highest BCUT2D eigenvalue weighted by molar-refractivity contribution is 5.79. The number of aliphatic hydroxyl groups is 1. The summed E-state index contributed by atoms with van der Waals surface area (Å²) < 4.78 is 0. The second-order valence-corrected chi connectivity index (χ2v) is 6.26. The van der Waals surface area contributed by atoms with E-state index >= 15 is 0 Å². The number of benzene rings is 1. The number of carbonyl (C=O) groups excluding carboxylic acids is 1. The third-order valence-electron chi connectivity index (χ3n) is 4.78. The van der Waals surface area contributed by atoms with E-state index in [2.05, 4.69) is 18.2 Å². The lowest BCUT2D eigenvalue weighted by Gasteiger charge is -2.18. The first-order valence-corrected chi connectivity index (χ1v) is 7.70. The van der Waals surface area contributed by atoms with Gasteiger partial charge in [0, 0.05) is 19.0 Å². The van der Waals surface area contributed by atoms with Crippen molar-refractivity contribution in [1.82, 2.24) is 4.90 Å². The van der Waals surface area contributed by atoms with Crippen molar-refractivity contribution in [2.45, 2.75) is 45.1 Å². The van der Waals surface area contributed by atoms with Crippen LogP contribution in [0.5, 0.6) is 0 Å². The monoisotopic (exact) mass is 273 g/mol. The number of aliphatic hydroxyl groups excluding tert-OH is 1. The zero-order valence-electron chi connectivity index (χ0n) is 12.1. The molecule has 1 fully saturated rings. The molecule has 0 bridgehead atoms. The van der Waals surface area contributed by atoms with Gasteiger partial charge in [-0.1, -0.05) is 18.2 Å². The molecule has 0 spiro atoms. The Balaban J connectivity index is 1.62. The van der Waals surface area contributed by atoms with Gasteiger partial charge in [0.15, 0.2) is 0 Å². The molecule has 1 saturated heterocycles. The van der Waals surface area contributed by atoms with Gasteiger partial charge in [0.05, 0.1) is 12.5 Å². The van der Waals surface area contributed by atoms with Crippen LogP contribution < -0.4 is 0 Å². The third kappa shape index (κ3) is 2.73. The van der Waals surface area contributed by atoms with Gasteiger partial charge < -0.3 is 10.0 Å². The van der Waals surface area contributed by atoms with Crippen molar-refractivity contribution in [3.8, 4) is 0 Å². The van der Waals surface area contributed by atoms with Gasteiger partial charge in [0.1, 0.15) is 0 Å². The van der Waals surface area contributed by atoms with Crippen LogP contribution in [0.15, 0.2) is 18.2 Å².